The summed E-state index contributed by atoms with van der Waals surface area (Å²) in [7, 11) is 0. The monoisotopic (exact) mass is 324 g/mol. The number of aliphatic hydroxyl groups is 2. The predicted molar refractivity (Wildman–Crippen MR) is 65.7 cm³/mol. The van der Waals surface area contributed by atoms with Gasteiger partial charge < -0.3 is 10.2 Å². The molecule has 2 N–H and O–H groups in total. The first-order valence-corrected chi connectivity index (χ1v) is 7.04. The van der Waals surface area contributed by atoms with E-state index in [0.717, 1.165) is 6.42 Å². The minimum Gasteiger partial charge on any atom is -0.384 e. The van der Waals surface area contributed by atoms with Crippen molar-refractivity contribution in [1.29, 1.82) is 0 Å². The van der Waals surface area contributed by atoms with Crippen LogP contribution < -0.4 is 0 Å². The van der Waals surface area contributed by atoms with Crippen LogP contribution in [0.15, 0.2) is 0 Å². The molecule has 2 atom stereocenters. The van der Waals surface area contributed by atoms with E-state index in [-0.39, 0.29) is 25.7 Å². The fourth-order valence-electron chi connectivity index (χ4n) is 1.89. The molecule has 0 heterocycles. The van der Waals surface area contributed by atoms with Crippen LogP contribution >= 0.6 is 0 Å². The van der Waals surface area contributed by atoms with Crippen LogP contribution in [0.1, 0.15) is 57.8 Å². The molecule has 0 aliphatic rings. The van der Waals surface area contributed by atoms with E-state index in [1.54, 1.807) is 0 Å². The molecule has 0 aromatic heterocycles. The highest BCUT2D eigenvalue weighted by molar-refractivity contribution is 4.66. The minimum atomic E-state index is -4.57. The lowest BCUT2D eigenvalue weighted by atomic mass is 10.0. The van der Waals surface area contributed by atoms with Crippen LogP contribution in [0.3, 0.4) is 0 Å². The van der Waals surface area contributed by atoms with Gasteiger partial charge in [-0.05, 0) is 12.8 Å². The van der Waals surface area contributed by atoms with Gasteiger partial charge in [0.15, 0.2) is 0 Å². The maximum Gasteiger partial charge on any atom is 0.414 e. The molecule has 0 aromatic carbocycles. The lowest BCUT2D eigenvalue weighted by Crippen LogP contribution is -2.28. The number of halogens is 6. The van der Waals surface area contributed by atoms with E-state index in [4.69, 9.17) is 10.2 Å². The van der Waals surface area contributed by atoms with Gasteiger partial charge in [-0.1, -0.05) is 44.9 Å². The summed E-state index contributed by atoms with van der Waals surface area (Å²) in [6.45, 7) is 0. The quantitative estimate of drug-likeness (QED) is 0.463. The molecule has 2 nitrogen and oxygen atoms in total. The van der Waals surface area contributed by atoms with Crippen molar-refractivity contribution in [2.45, 2.75) is 82.3 Å². The van der Waals surface area contributed by atoms with Crippen molar-refractivity contribution >= 4 is 0 Å². The molecule has 8 heteroatoms. The number of rotatable bonds is 10. The standard InChI is InChI=1S/C13H22F6O2/c14-12(15,16)10(20)8-6-4-2-1-3-5-7-9-11(21)13(17,18)19/h10-11,20-21H,1-9H2/t10-,11-/m0/s1. The predicted octanol–water partition coefficient (Wildman–Crippen LogP) is 4.34. The van der Waals surface area contributed by atoms with E-state index >= 15 is 0 Å². The van der Waals surface area contributed by atoms with Gasteiger partial charge >= 0.3 is 12.4 Å². The van der Waals surface area contributed by atoms with Gasteiger partial charge in [0.1, 0.15) is 12.2 Å². The summed E-state index contributed by atoms with van der Waals surface area (Å²) in [5.41, 5.74) is 0. The first-order chi connectivity index (χ1) is 9.55. The van der Waals surface area contributed by atoms with Crippen LogP contribution in [-0.2, 0) is 0 Å². The highest BCUT2D eigenvalue weighted by Crippen LogP contribution is 2.25. The Balaban J connectivity index is 3.38. The van der Waals surface area contributed by atoms with Gasteiger partial charge in [-0.15, -0.1) is 0 Å². The Bertz CT molecular complexity index is 238. The highest BCUT2D eigenvalue weighted by atomic mass is 19.4. The van der Waals surface area contributed by atoms with E-state index in [2.05, 4.69) is 0 Å². The third kappa shape index (κ3) is 10.8. The Kier molecular flexibility index (Phi) is 9.28. The van der Waals surface area contributed by atoms with Crippen molar-refractivity contribution in [3.05, 3.63) is 0 Å². The van der Waals surface area contributed by atoms with E-state index in [1.807, 2.05) is 0 Å². The molecule has 0 aliphatic heterocycles. The summed E-state index contributed by atoms with van der Waals surface area (Å²) in [5, 5.41) is 17.5. The van der Waals surface area contributed by atoms with Crippen molar-refractivity contribution in [3.63, 3.8) is 0 Å². The third-order valence-electron chi connectivity index (χ3n) is 3.21. The lowest BCUT2D eigenvalue weighted by Gasteiger charge is -2.14. The molecule has 0 saturated heterocycles. The Labute approximate surface area is 120 Å². The molecular formula is C13H22F6O2. The minimum absolute atomic E-state index is 0.271. The van der Waals surface area contributed by atoms with Crippen molar-refractivity contribution < 1.29 is 36.6 Å². The van der Waals surface area contributed by atoms with Gasteiger partial charge in [0, 0.05) is 0 Å². The number of hydrogen-bond acceptors (Lipinski definition) is 2. The van der Waals surface area contributed by atoms with Crippen LogP contribution in [0.4, 0.5) is 26.3 Å². The maximum atomic E-state index is 12.0. The summed E-state index contributed by atoms with van der Waals surface area (Å²) >= 11 is 0. The van der Waals surface area contributed by atoms with E-state index in [0.29, 0.717) is 25.7 Å². The zero-order valence-electron chi connectivity index (χ0n) is 11.7. The molecular weight excluding hydrogens is 302 g/mol. The van der Waals surface area contributed by atoms with Gasteiger partial charge in [-0.3, -0.25) is 0 Å². The molecule has 0 bridgehead atoms. The normalized spacial score (nSPS) is 16.0. The van der Waals surface area contributed by atoms with Crippen LogP contribution in [0.2, 0.25) is 0 Å². The van der Waals surface area contributed by atoms with Crippen LogP contribution in [-0.4, -0.2) is 34.8 Å². The Morgan fingerprint density at radius 2 is 0.762 bits per heavy atom. The molecule has 0 radical (unpaired) electrons. The molecule has 0 rings (SSSR count). The van der Waals surface area contributed by atoms with Crippen molar-refractivity contribution in [1.82, 2.24) is 0 Å². The average Bonchev–Trinajstić information content (AvgIpc) is 2.33. The topological polar surface area (TPSA) is 40.5 Å². The van der Waals surface area contributed by atoms with E-state index in [1.165, 1.54) is 0 Å². The van der Waals surface area contributed by atoms with E-state index < -0.39 is 24.6 Å². The fraction of sp³-hybridized carbons (Fsp3) is 1.00. The molecule has 0 aliphatic carbocycles. The van der Waals surface area contributed by atoms with Crippen LogP contribution in [0.5, 0.6) is 0 Å². The summed E-state index contributed by atoms with van der Waals surface area (Å²) in [6.07, 6.45) is -10.6. The number of alkyl halides is 6. The average molecular weight is 324 g/mol. The Morgan fingerprint density at radius 1 is 0.524 bits per heavy atom. The molecule has 0 saturated carbocycles. The zero-order valence-corrected chi connectivity index (χ0v) is 11.7. The number of hydrogen-bond donors (Lipinski definition) is 2. The second-order valence-corrected chi connectivity index (χ2v) is 5.17. The zero-order chi connectivity index (χ0) is 16.5. The first-order valence-electron chi connectivity index (χ1n) is 7.04. The molecule has 0 amide bonds. The number of aliphatic hydroxyl groups excluding tert-OH is 2. The summed E-state index contributed by atoms with van der Waals surface area (Å²) in [4.78, 5) is 0. The van der Waals surface area contributed by atoms with Crippen LogP contribution in [0.25, 0.3) is 0 Å². The first kappa shape index (κ1) is 20.5. The Morgan fingerprint density at radius 3 is 1.00 bits per heavy atom. The van der Waals surface area contributed by atoms with Crippen molar-refractivity contribution in [2.24, 2.45) is 0 Å². The number of unbranched alkanes of at least 4 members (excludes halogenated alkanes) is 6. The van der Waals surface area contributed by atoms with Crippen molar-refractivity contribution in [2.75, 3.05) is 0 Å². The fourth-order valence-corrected chi connectivity index (χ4v) is 1.89. The van der Waals surface area contributed by atoms with E-state index in [9.17, 15) is 26.3 Å². The molecule has 0 spiro atoms. The maximum absolute atomic E-state index is 12.0. The molecule has 0 aromatic rings. The molecule has 0 unspecified atom stereocenters. The Hall–Kier alpha value is -0.500. The summed E-state index contributed by atoms with van der Waals surface area (Å²) < 4.78 is 71.8. The van der Waals surface area contributed by atoms with Gasteiger partial charge in [-0.25, -0.2) is 0 Å². The van der Waals surface area contributed by atoms with Gasteiger partial charge in [0.05, 0.1) is 0 Å². The third-order valence-corrected chi connectivity index (χ3v) is 3.21. The highest BCUT2D eigenvalue weighted by Gasteiger charge is 2.37. The van der Waals surface area contributed by atoms with Gasteiger partial charge in [0.2, 0.25) is 0 Å². The second-order valence-electron chi connectivity index (χ2n) is 5.17. The van der Waals surface area contributed by atoms with Crippen LogP contribution in [0, 0.1) is 0 Å². The SMILES string of the molecule is O[C@@H](CCCCCCCCC[C@H](O)C(F)(F)F)C(F)(F)F. The lowest BCUT2D eigenvalue weighted by molar-refractivity contribution is -0.205. The molecule has 21 heavy (non-hydrogen) atoms. The summed E-state index contributed by atoms with van der Waals surface area (Å²) in [6, 6.07) is 0. The van der Waals surface area contributed by atoms with Crippen molar-refractivity contribution in [3.8, 4) is 0 Å². The summed E-state index contributed by atoms with van der Waals surface area (Å²) in [5.74, 6) is 0. The second kappa shape index (κ2) is 9.50. The molecule has 128 valence electrons. The largest absolute Gasteiger partial charge is 0.414 e. The van der Waals surface area contributed by atoms with Gasteiger partial charge in [-0.2, -0.15) is 26.3 Å². The van der Waals surface area contributed by atoms with Gasteiger partial charge in [0.25, 0.3) is 0 Å². The molecule has 0 fully saturated rings. The smallest absolute Gasteiger partial charge is 0.384 e.